The lowest BCUT2D eigenvalue weighted by Gasteiger charge is -2.18. The third-order valence-corrected chi connectivity index (χ3v) is 3.03. The molecule has 0 saturated carbocycles. The van der Waals surface area contributed by atoms with E-state index in [1.807, 2.05) is 0 Å². The van der Waals surface area contributed by atoms with E-state index in [0.29, 0.717) is 29.5 Å². The van der Waals surface area contributed by atoms with Gasteiger partial charge in [-0.05, 0) is 37.6 Å². The monoisotopic (exact) mass is 310 g/mol. The number of ether oxygens (including phenoxy) is 2. The van der Waals surface area contributed by atoms with Crippen molar-refractivity contribution < 1.29 is 14.3 Å². The zero-order valence-electron chi connectivity index (χ0n) is 12.1. The van der Waals surface area contributed by atoms with Gasteiger partial charge < -0.3 is 20.5 Å². The molecule has 1 rings (SSSR count). The van der Waals surface area contributed by atoms with Gasteiger partial charge in [0.05, 0.1) is 18.7 Å². The molecule has 3 N–H and O–H groups in total. The maximum atomic E-state index is 11.8. The van der Waals surface area contributed by atoms with Gasteiger partial charge in [0.2, 0.25) is 0 Å². The van der Waals surface area contributed by atoms with Gasteiger partial charge in [-0.1, -0.05) is 17.5 Å². The Kier molecular flexibility index (Phi) is 6.86. The molecule has 0 aromatic heterocycles. The van der Waals surface area contributed by atoms with Crippen molar-refractivity contribution in [1.29, 1.82) is 0 Å². The number of carbonyl (C=O) groups is 1. The first kappa shape index (κ1) is 17.2. The van der Waals surface area contributed by atoms with Gasteiger partial charge in [0.1, 0.15) is 0 Å². The van der Waals surface area contributed by atoms with Gasteiger partial charge in [-0.3, -0.25) is 4.79 Å². The number of carbonyl (C=O) groups excluding carboxylic acids is 1. The number of terminal acetylenes is 1. The van der Waals surface area contributed by atoms with Crippen LogP contribution in [0.2, 0.25) is 5.02 Å². The summed E-state index contributed by atoms with van der Waals surface area (Å²) in [4.78, 5) is 11.8. The molecule has 0 aliphatic carbocycles. The van der Waals surface area contributed by atoms with E-state index in [0.717, 1.165) is 5.56 Å². The van der Waals surface area contributed by atoms with Crippen molar-refractivity contribution in [2.75, 3.05) is 20.2 Å². The second-order valence-electron chi connectivity index (χ2n) is 4.33. The molecular weight excluding hydrogens is 292 g/mol. The largest absolute Gasteiger partial charge is 0.493 e. The van der Waals surface area contributed by atoms with Crippen molar-refractivity contribution in [1.82, 2.24) is 5.32 Å². The van der Waals surface area contributed by atoms with Crippen molar-refractivity contribution in [3.63, 3.8) is 0 Å². The molecule has 0 bridgehead atoms. The second kappa shape index (κ2) is 8.40. The smallest absolute Gasteiger partial charge is 0.261 e. The molecule has 0 fully saturated rings. The summed E-state index contributed by atoms with van der Waals surface area (Å²) in [6.07, 6.45) is 5.02. The average molecular weight is 311 g/mol. The van der Waals surface area contributed by atoms with Crippen molar-refractivity contribution >= 4 is 17.5 Å². The Labute approximate surface area is 129 Å². The molecule has 1 unspecified atom stereocenters. The van der Waals surface area contributed by atoms with Crippen molar-refractivity contribution in [3.8, 4) is 23.8 Å². The molecule has 114 valence electrons. The Hall–Kier alpha value is -1.90. The predicted octanol–water partition coefficient (Wildman–Crippen LogP) is 1.37. The van der Waals surface area contributed by atoms with E-state index >= 15 is 0 Å². The van der Waals surface area contributed by atoms with Crippen molar-refractivity contribution in [3.05, 3.63) is 22.7 Å². The zero-order chi connectivity index (χ0) is 15.8. The summed E-state index contributed by atoms with van der Waals surface area (Å²) in [6, 6.07) is 3.54. The van der Waals surface area contributed by atoms with Gasteiger partial charge in [0.15, 0.2) is 17.6 Å². The molecule has 1 amide bonds. The minimum absolute atomic E-state index is 0.146. The minimum Gasteiger partial charge on any atom is -0.493 e. The van der Waals surface area contributed by atoms with Crippen molar-refractivity contribution in [2.24, 2.45) is 5.73 Å². The van der Waals surface area contributed by atoms with Crippen LogP contribution in [0.25, 0.3) is 0 Å². The highest BCUT2D eigenvalue weighted by atomic mass is 35.5. The summed E-state index contributed by atoms with van der Waals surface area (Å²) >= 11 is 6.19. The lowest BCUT2D eigenvalue weighted by molar-refractivity contribution is -0.127. The second-order valence-corrected chi connectivity index (χ2v) is 4.74. The quantitative estimate of drug-likeness (QED) is 0.746. The molecule has 0 aliphatic rings. The van der Waals surface area contributed by atoms with Crippen LogP contribution in [0, 0.1) is 12.3 Å². The molecule has 21 heavy (non-hydrogen) atoms. The number of amides is 1. The molecule has 0 spiro atoms. The number of benzene rings is 1. The fourth-order valence-electron chi connectivity index (χ4n) is 1.71. The van der Waals surface area contributed by atoms with Crippen LogP contribution in [0.15, 0.2) is 12.1 Å². The minimum atomic E-state index is -0.745. The van der Waals surface area contributed by atoms with E-state index < -0.39 is 6.10 Å². The van der Waals surface area contributed by atoms with Crippen LogP contribution in [0.1, 0.15) is 12.5 Å². The maximum absolute atomic E-state index is 11.8. The number of nitrogens with one attached hydrogen (secondary N) is 1. The molecule has 1 aromatic carbocycles. The summed E-state index contributed by atoms with van der Waals surface area (Å²) < 4.78 is 10.9. The van der Waals surface area contributed by atoms with Crippen molar-refractivity contribution in [2.45, 2.75) is 19.4 Å². The number of hydrogen-bond donors (Lipinski definition) is 2. The Morgan fingerprint density at radius 2 is 2.29 bits per heavy atom. The fraction of sp³-hybridized carbons (Fsp3) is 0.400. The average Bonchev–Trinajstić information content (AvgIpc) is 2.47. The van der Waals surface area contributed by atoms with E-state index in [2.05, 4.69) is 11.2 Å². The third kappa shape index (κ3) is 4.85. The first-order valence-electron chi connectivity index (χ1n) is 6.47. The fourth-order valence-corrected chi connectivity index (χ4v) is 1.99. The summed E-state index contributed by atoms with van der Waals surface area (Å²) in [5.74, 6) is 2.78. The summed E-state index contributed by atoms with van der Waals surface area (Å²) in [5, 5.41) is 2.91. The van der Waals surface area contributed by atoms with Gasteiger partial charge in [-0.25, -0.2) is 0 Å². The number of nitrogens with two attached hydrogens (primary N) is 1. The molecule has 0 radical (unpaired) electrons. The third-order valence-electron chi connectivity index (χ3n) is 2.75. The lowest BCUT2D eigenvalue weighted by Crippen LogP contribution is -2.36. The lowest BCUT2D eigenvalue weighted by atomic mass is 10.1. The summed E-state index contributed by atoms with van der Waals surface area (Å²) in [5.41, 5.74) is 6.46. The molecule has 0 heterocycles. The topological polar surface area (TPSA) is 73.6 Å². The number of rotatable bonds is 7. The highest BCUT2D eigenvalue weighted by molar-refractivity contribution is 6.32. The van der Waals surface area contributed by atoms with Crippen LogP contribution < -0.4 is 20.5 Å². The first-order valence-corrected chi connectivity index (χ1v) is 6.85. The van der Waals surface area contributed by atoms with Crippen LogP contribution in [0.5, 0.6) is 11.5 Å². The van der Waals surface area contributed by atoms with Gasteiger partial charge in [0.25, 0.3) is 5.91 Å². The molecular formula is C15H19ClN2O3. The van der Waals surface area contributed by atoms with E-state index in [1.165, 1.54) is 7.11 Å². The number of methoxy groups -OCH3 is 1. The highest BCUT2D eigenvalue weighted by Crippen LogP contribution is 2.37. The standard InChI is InChI=1S/C15H19ClN2O3/c1-4-7-18-15(19)10(2)21-14-12(16)8-11(5-6-17)9-13(14)20-3/h1,8-10H,5-7,17H2,2-3H3,(H,18,19). The highest BCUT2D eigenvalue weighted by Gasteiger charge is 2.19. The normalized spacial score (nSPS) is 11.4. The van der Waals surface area contributed by atoms with Gasteiger partial charge in [-0.15, -0.1) is 6.42 Å². The number of hydrogen-bond acceptors (Lipinski definition) is 4. The van der Waals surface area contributed by atoms with Gasteiger partial charge in [-0.2, -0.15) is 0 Å². The first-order chi connectivity index (χ1) is 10.0. The van der Waals surface area contributed by atoms with Crippen LogP contribution in [-0.4, -0.2) is 32.2 Å². The Morgan fingerprint density at radius 1 is 1.57 bits per heavy atom. The van der Waals surface area contributed by atoms with Crippen LogP contribution in [-0.2, 0) is 11.2 Å². The molecule has 1 atom stereocenters. The number of halogens is 1. The Morgan fingerprint density at radius 3 is 2.86 bits per heavy atom. The van der Waals surface area contributed by atoms with Crippen LogP contribution in [0.4, 0.5) is 0 Å². The van der Waals surface area contributed by atoms with Gasteiger partial charge >= 0.3 is 0 Å². The summed E-state index contributed by atoms with van der Waals surface area (Å²) in [7, 11) is 1.51. The Bertz CT molecular complexity index is 540. The molecule has 0 aliphatic heterocycles. The maximum Gasteiger partial charge on any atom is 0.261 e. The van der Waals surface area contributed by atoms with E-state index in [-0.39, 0.29) is 12.5 Å². The zero-order valence-corrected chi connectivity index (χ0v) is 12.9. The van der Waals surface area contributed by atoms with Gasteiger partial charge in [0, 0.05) is 0 Å². The molecule has 0 saturated heterocycles. The predicted molar refractivity (Wildman–Crippen MR) is 82.7 cm³/mol. The Balaban J connectivity index is 2.92. The van der Waals surface area contributed by atoms with E-state index in [1.54, 1.807) is 19.1 Å². The SMILES string of the molecule is C#CCNC(=O)C(C)Oc1c(Cl)cc(CCN)cc1OC. The van der Waals surface area contributed by atoms with E-state index in [9.17, 15) is 4.79 Å². The molecule has 6 heteroatoms. The van der Waals surface area contributed by atoms with Crippen LogP contribution in [0.3, 0.4) is 0 Å². The summed E-state index contributed by atoms with van der Waals surface area (Å²) in [6.45, 7) is 2.26. The molecule has 5 nitrogen and oxygen atoms in total. The molecule has 1 aromatic rings. The van der Waals surface area contributed by atoms with E-state index in [4.69, 9.17) is 33.2 Å². The van der Waals surface area contributed by atoms with Crippen LogP contribution >= 0.6 is 11.6 Å².